The molecule has 0 bridgehead atoms. The smallest absolute Gasteiger partial charge is 0.326 e. The zero-order chi connectivity index (χ0) is 8.85. The molecule has 0 amide bonds. The summed E-state index contributed by atoms with van der Waals surface area (Å²) in [4.78, 5) is 10.7. The van der Waals surface area contributed by atoms with Crippen molar-refractivity contribution >= 4 is 5.97 Å². The van der Waals surface area contributed by atoms with E-state index in [1.165, 1.54) is 6.92 Å². The Morgan fingerprint density at radius 1 is 1.91 bits per heavy atom. The van der Waals surface area contributed by atoms with Crippen LogP contribution in [0.15, 0.2) is 0 Å². The Balaban J connectivity index is 3.76. The Bertz CT molecular complexity index is 171. The predicted molar refractivity (Wildman–Crippen MR) is 39.4 cm³/mol. The van der Waals surface area contributed by atoms with Crippen LogP contribution in [0, 0.1) is 12.3 Å². The average Bonchev–Trinajstić information content (AvgIpc) is 1.98. The van der Waals surface area contributed by atoms with E-state index < -0.39 is 18.1 Å². The molecule has 0 aliphatic rings. The zero-order valence-corrected chi connectivity index (χ0v) is 6.28. The summed E-state index contributed by atoms with van der Waals surface area (Å²) in [6.07, 6.45) is 3.91. The number of ether oxygens (including phenoxy) is 1. The Kier molecular flexibility index (Phi) is 4.27. The first kappa shape index (κ1) is 9.95. The van der Waals surface area contributed by atoms with Crippen LogP contribution in [0.4, 0.5) is 0 Å². The first-order chi connectivity index (χ1) is 5.09. The van der Waals surface area contributed by atoms with Crippen molar-refractivity contribution in [2.24, 2.45) is 5.73 Å². The molecule has 0 aliphatic carbocycles. The number of aliphatic hydroxyl groups is 1. The van der Waals surface area contributed by atoms with Gasteiger partial charge in [-0.2, -0.15) is 0 Å². The van der Waals surface area contributed by atoms with Gasteiger partial charge in [-0.1, -0.05) is 5.92 Å². The van der Waals surface area contributed by atoms with Gasteiger partial charge in [0.1, 0.15) is 6.04 Å². The molecule has 2 atom stereocenters. The lowest BCUT2D eigenvalue weighted by Crippen LogP contribution is -2.41. The summed E-state index contributed by atoms with van der Waals surface area (Å²) in [5.41, 5.74) is 5.21. The van der Waals surface area contributed by atoms with Gasteiger partial charge in [0, 0.05) is 0 Å². The molecule has 0 aromatic rings. The lowest BCUT2D eigenvalue weighted by Gasteiger charge is -2.11. The third kappa shape index (κ3) is 3.61. The van der Waals surface area contributed by atoms with E-state index in [2.05, 4.69) is 10.7 Å². The Morgan fingerprint density at radius 3 is 2.82 bits per heavy atom. The third-order valence-corrected chi connectivity index (χ3v) is 1.09. The van der Waals surface area contributed by atoms with E-state index >= 15 is 0 Å². The van der Waals surface area contributed by atoms with Gasteiger partial charge in [0.2, 0.25) is 0 Å². The van der Waals surface area contributed by atoms with Crippen LogP contribution in [0.25, 0.3) is 0 Å². The van der Waals surface area contributed by atoms with Crippen molar-refractivity contribution in [1.29, 1.82) is 0 Å². The first-order valence-corrected chi connectivity index (χ1v) is 3.13. The second-order valence-corrected chi connectivity index (χ2v) is 2.08. The van der Waals surface area contributed by atoms with Gasteiger partial charge in [-0.25, -0.2) is 0 Å². The van der Waals surface area contributed by atoms with E-state index in [0.29, 0.717) is 0 Å². The summed E-state index contributed by atoms with van der Waals surface area (Å²) in [5.74, 6) is 1.43. The summed E-state index contributed by atoms with van der Waals surface area (Å²) < 4.78 is 4.45. The predicted octanol–water partition coefficient (Wildman–Crippen LogP) is -1.13. The third-order valence-electron chi connectivity index (χ3n) is 1.09. The molecule has 0 aliphatic heterocycles. The molecule has 0 saturated heterocycles. The van der Waals surface area contributed by atoms with Crippen LogP contribution < -0.4 is 5.73 Å². The van der Waals surface area contributed by atoms with Crippen molar-refractivity contribution in [2.45, 2.75) is 19.1 Å². The number of hydrogen-bond donors (Lipinski definition) is 2. The molecule has 0 saturated carbocycles. The summed E-state index contributed by atoms with van der Waals surface area (Å²) in [7, 11) is 0. The highest BCUT2D eigenvalue weighted by molar-refractivity contribution is 5.76. The second-order valence-electron chi connectivity index (χ2n) is 2.08. The molecule has 0 rings (SSSR count). The molecule has 0 fully saturated rings. The van der Waals surface area contributed by atoms with E-state index in [1.807, 2.05) is 0 Å². The maximum atomic E-state index is 10.7. The lowest BCUT2D eigenvalue weighted by atomic mass is 10.2. The van der Waals surface area contributed by atoms with E-state index in [9.17, 15) is 4.79 Å². The molecule has 62 valence electrons. The summed E-state index contributed by atoms with van der Waals surface area (Å²) in [6, 6.07) is -1.01. The van der Waals surface area contributed by atoms with Crippen molar-refractivity contribution < 1.29 is 14.6 Å². The molecule has 4 nitrogen and oxygen atoms in total. The summed E-state index contributed by atoms with van der Waals surface area (Å²) in [5, 5.41) is 8.81. The van der Waals surface area contributed by atoms with Gasteiger partial charge < -0.3 is 15.6 Å². The van der Waals surface area contributed by atoms with E-state index in [1.54, 1.807) is 0 Å². The van der Waals surface area contributed by atoms with Crippen LogP contribution in [0.2, 0.25) is 0 Å². The van der Waals surface area contributed by atoms with Gasteiger partial charge in [0.15, 0.2) is 6.61 Å². The van der Waals surface area contributed by atoms with E-state index in [0.717, 1.165) is 0 Å². The minimum atomic E-state index is -1.01. The number of terminal acetylenes is 1. The van der Waals surface area contributed by atoms with Gasteiger partial charge in [-0.05, 0) is 6.92 Å². The number of esters is 1. The quantitative estimate of drug-likeness (QED) is 0.401. The van der Waals surface area contributed by atoms with Crippen molar-refractivity contribution in [1.82, 2.24) is 0 Å². The molecule has 0 radical (unpaired) electrons. The Labute approximate surface area is 65.3 Å². The molecule has 3 N–H and O–H groups in total. The van der Waals surface area contributed by atoms with Crippen molar-refractivity contribution in [3.63, 3.8) is 0 Å². The van der Waals surface area contributed by atoms with Crippen LogP contribution in [-0.2, 0) is 9.53 Å². The highest BCUT2D eigenvalue weighted by Gasteiger charge is 2.19. The normalized spacial score (nSPS) is 14.7. The molecule has 0 aromatic carbocycles. The van der Waals surface area contributed by atoms with E-state index in [4.69, 9.17) is 17.3 Å². The molecule has 0 spiro atoms. The highest BCUT2D eigenvalue weighted by atomic mass is 16.5. The number of aliphatic hydroxyl groups excluding tert-OH is 1. The maximum absolute atomic E-state index is 10.7. The Hall–Kier alpha value is -1.05. The van der Waals surface area contributed by atoms with Gasteiger partial charge in [0.05, 0.1) is 6.10 Å². The van der Waals surface area contributed by atoms with Crippen LogP contribution in [-0.4, -0.2) is 29.8 Å². The fourth-order valence-corrected chi connectivity index (χ4v) is 0.406. The highest BCUT2D eigenvalue weighted by Crippen LogP contribution is 1.91. The number of carbonyl (C=O) groups is 1. The van der Waals surface area contributed by atoms with Crippen LogP contribution >= 0.6 is 0 Å². The molecule has 4 heteroatoms. The van der Waals surface area contributed by atoms with Gasteiger partial charge in [0.25, 0.3) is 0 Å². The molecule has 0 unspecified atom stereocenters. The van der Waals surface area contributed by atoms with Crippen molar-refractivity contribution in [2.75, 3.05) is 6.61 Å². The summed E-state index contributed by atoms with van der Waals surface area (Å²) in [6.45, 7) is 1.29. The minimum Gasteiger partial charge on any atom is -0.451 e. The van der Waals surface area contributed by atoms with Crippen LogP contribution in [0.5, 0.6) is 0 Å². The SMILES string of the molecule is C#CCOC(=O)[C@H](N)[C@H](C)O. The molecule has 0 heterocycles. The van der Waals surface area contributed by atoms with Crippen LogP contribution in [0.3, 0.4) is 0 Å². The number of carbonyl (C=O) groups excluding carboxylic acids is 1. The van der Waals surface area contributed by atoms with Crippen molar-refractivity contribution in [3.05, 3.63) is 0 Å². The van der Waals surface area contributed by atoms with Gasteiger partial charge in [-0.3, -0.25) is 4.79 Å². The molecule has 0 aromatic heterocycles. The number of nitrogens with two attached hydrogens (primary N) is 1. The molecular weight excluding hydrogens is 146 g/mol. The largest absolute Gasteiger partial charge is 0.451 e. The summed E-state index contributed by atoms with van der Waals surface area (Å²) >= 11 is 0. The monoisotopic (exact) mass is 157 g/mol. The van der Waals surface area contributed by atoms with E-state index in [-0.39, 0.29) is 6.61 Å². The first-order valence-electron chi connectivity index (χ1n) is 3.13. The standard InChI is InChI=1S/C7H11NO3/c1-3-4-11-7(10)6(8)5(2)9/h1,5-6,9H,4,8H2,2H3/t5-,6+/m0/s1. The minimum absolute atomic E-state index is 0.112. The Morgan fingerprint density at radius 2 is 2.45 bits per heavy atom. The van der Waals surface area contributed by atoms with Crippen molar-refractivity contribution in [3.8, 4) is 12.3 Å². The van der Waals surface area contributed by atoms with Gasteiger partial charge >= 0.3 is 5.97 Å². The van der Waals surface area contributed by atoms with Gasteiger partial charge in [-0.15, -0.1) is 6.42 Å². The average molecular weight is 157 g/mol. The second kappa shape index (κ2) is 4.72. The zero-order valence-electron chi connectivity index (χ0n) is 6.28. The van der Waals surface area contributed by atoms with Crippen LogP contribution in [0.1, 0.15) is 6.92 Å². The topological polar surface area (TPSA) is 72.5 Å². The molecular formula is C7H11NO3. The number of hydrogen-bond acceptors (Lipinski definition) is 4. The fourth-order valence-electron chi connectivity index (χ4n) is 0.406. The molecule has 11 heavy (non-hydrogen) atoms. The lowest BCUT2D eigenvalue weighted by molar-refractivity contribution is -0.146. The number of rotatable bonds is 3. The maximum Gasteiger partial charge on any atom is 0.326 e. The fraction of sp³-hybridized carbons (Fsp3) is 0.571.